The molecule has 1 aromatic carbocycles. The molecule has 0 saturated carbocycles. The number of anilines is 1. The molecule has 0 fully saturated rings. The number of carbonyl (C=O) groups excluding carboxylic acids is 1. The van der Waals surface area contributed by atoms with Crippen molar-refractivity contribution in [1.29, 1.82) is 0 Å². The zero-order chi connectivity index (χ0) is 12.9. The SMILES string of the molecule is CCOC(=O)CN(c1ccccc1)S(C)(=O)=O. The number of nitrogens with zero attached hydrogens (tertiary/aromatic N) is 1. The molecule has 0 unspecified atom stereocenters. The van der Waals surface area contributed by atoms with Crippen molar-refractivity contribution in [2.45, 2.75) is 6.92 Å². The average molecular weight is 257 g/mol. The Morgan fingerprint density at radius 1 is 1.29 bits per heavy atom. The summed E-state index contributed by atoms with van der Waals surface area (Å²) in [5.41, 5.74) is 0.447. The van der Waals surface area contributed by atoms with Gasteiger partial charge in [0, 0.05) is 0 Å². The molecule has 0 aliphatic rings. The fraction of sp³-hybridized carbons (Fsp3) is 0.364. The molecule has 17 heavy (non-hydrogen) atoms. The molecular formula is C11H15NO4S. The van der Waals surface area contributed by atoms with Gasteiger partial charge in [-0.25, -0.2) is 8.42 Å². The van der Waals surface area contributed by atoms with Gasteiger partial charge in [-0.2, -0.15) is 0 Å². The smallest absolute Gasteiger partial charge is 0.326 e. The lowest BCUT2D eigenvalue weighted by atomic mass is 10.3. The number of carbonyl (C=O) groups is 1. The Balaban J connectivity index is 2.95. The van der Waals surface area contributed by atoms with E-state index in [0.29, 0.717) is 5.69 Å². The molecule has 0 aliphatic carbocycles. The lowest BCUT2D eigenvalue weighted by Crippen LogP contribution is -2.35. The second-order valence-electron chi connectivity index (χ2n) is 3.41. The van der Waals surface area contributed by atoms with Crippen LogP contribution in [0.5, 0.6) is 0 Å². The molecular weight excluding hydrogens is 242 g/mol. The lowest BCUT2D eigenvalue weighted by molar-refractivity contribution is -0.141. The highest BCUT2D eigenvalue weighted by atomic mass is 32.2. The maximum absolute atomic E-state index is 11.6. The van der Waals surface area contributed by atoms with Crippen LogP contribution in [0, 0.1) is 0 Å². The van der Waals surface area contributed by atoms with E-state index in [1.54, 1.807) is 37.3 Å². The molecule has 0 heterocycles. The molecule has 5 nitrogen and oxygen atoms in total. The zero-order valence-corrected chi connectivity index (χ0v) is 10.6. The van der Waals surface area contributed by atoms with Crippen LogP contribution in [0.3, 0.4) is 0 Å². The Hall–Kier alpha value is -1.56. The Kier molecular flexibility index (Phi) is 4.51. The average Bonchev–Trinajstić information content (AvgIpc) is 2.26. The van der Waals surface area contributed by atoms with E-state index in [1.807, 2.05) is 0 Å². The maximum Gasteiger partial charge on any atom is 0.326 e. The molecule has 1 aromatic rings. The second kappa shape index (κ2) is 5.67. The first-order valence-corrected chi connectivity index (χ1v) is 6.98. The molecule has 1 rings (SSSR count). The van der Waals surface area contributed by atoms with Gasteiger partial charge in [0.2, 0.25) is 10.0 Å². The lowest BCUT2D eigenvalue weighted by Gasteiger charge is -2.21. The molecule has 0 saturated heterocycles. The molecule has 0 atom stereocenters. The molecule has 0 bridgehead atoms. The summed E-state index contributed by atoms with van der Waals surface area (Å²) in [5, 5.41) is 0. The Labute approximate surface area is 101 Å². The number of ether oxygens (including phenoxy) is 1. The fourth-order valence-electron chi connectivity index (χ4n) is 1.32. The van der Waals surface area contributed by atoms with Crippen molar-refractivity contribution in [3.05, 3.63) is 30.3 Å². The van der Waals surface area contributed by atoms with E-state index in [1.165, 1.54) is 0 Å². The summed E-state index contributed by atoms with van der Waals surface area (Å²) in [6.45, 7) is 1.59. The van der Waals surface area contributed by atoms with E-state index in [4.69, 9.17) is 4.74 Å². The van der Waals surface area contributed by atoms with Crippen LogP contribution in [0.4, 0.5) is 5.69 Å². The molecule has 0 aromatic heterocycles. The van der Waals surface area contributed by atoms with Crippen LogP contribution >= 0.6 is 0 Å². The molecule has 94 valence electrons. The first kappa shape index (κ1) is 13.5. The summed E-state index contributed by atoms with van der Waals surface area (Å²) in [6.07, 6.45) is 1.05. The molecule has 0 amide bonds. The summed E-state index contributed by atoms with van der Waals surface area (Å²) < 4.78 is 28.9. The van der Waals surface area contributed by atoms with Crippen molar-refractivity contribution in [1.82, 2.24) is 0 Å². The Bertz CT molecular complexity index is 470. The number of benzene rings is 1. The number of para-hydroxylation sites is 1. The molecule has 6 heteroatoms. The van der Waals surface area contributed by atoms with Crippen LogP contribution in [0.2, 0.25) is 0 Å². The predicted molar refractivity (Wildman–Crippen MR) is 65.3 cm³/mol. The first-order chi connectivity index (χ1) is 7.95. The van der Waals surface area contributed by atoms with Gasteiger partial charge in [0.15, 0.2) is 0 Å². The molecule has 0 spiro atoms. The van der Waals surface area contributed by atoms with Crippen molar-refractivity contribution in [2.75, 3.05) is 23.7 Å². The van der Waals surface area contributed by atoms with Crippen molar-refractivity contribution in [2.24, 2.45) is 0 Å². The van der Waals surface area contributed by atoms with E-state index < -0.39 is 16.0 Å². The molecule has 0 aliphatic heterocycles. The number of hydrogen-bond acceptors (Lipinski definition) is 4. The summed E-state index contributed by atoms with van der Waals surface area (Å²) >= 11 is 0. The topological polar surface area (TPSA) is 63.7 Å². The van der Waals surface area contributed by atoms with Crippen molar-refractivity contribution >= 4 is 21.7 Å². The first-order valence-electron chi connectivity index (χ1n) is 5.13. The van der Waals surface area contributed by atoms with Crippen LogP contribution in [0.25, 0.3) is 0 Å². The van der Waals surface area contributed by atoms with E-state index in [9.17, 15) is 13.2 Å². The van der Waals surface area contributed by atoms with E-state index >= 15 is 0 Å². The van der Waals surface area contributed by atoms with E-state index in [-0.39, 0.29) is 13.2 Å². The van der Waals surface area contributed by atoms with Crippen LogP contribution in [-0.2, 0) is 19.6 Å². The van der Waals surface area contributed by atoms with Gasteiger partial charge >= 0.3 is 5.97 Å². The number of esters is 1. The minimum Gasteiger partial charge on any atom is -0.465 e. The van der Waals surface area contributed by atoms with Gasteiger partial charge in [-0.05, 0) is 19.1 Å². The highest BCUT2D eigenvalue weighted by Gasteiger charge is 2.20. The minimum atomic E-state index is -3.50. The van der Waals surface area contributed by atoms with Gasteiger partial charge in [-0.3, -0.25) is 9.10 Å². The van der Waals surface area contributed by atoms with Gasteiger partial charge in [0.25, 0.3) is 0 Å². The Morgan fingerprint density at radius 3 is 2.35 bits per heavy atom. The minimum absolute atomic E-state index is 0.227. The summed E-state index contributed by atoms with van der Waals surface area (Å²) in [7, 11) is -3.50. The summed E-state index contributed by atoms with van der Waals surface area (Å²) in [4.78, 5) is 11.3. The largest absolute Gasteiger partial charge is 0.465 e. The quantitative estimate of drug-likeness (QED) is 0.739. The molecule has 0 radical (unpaired) electrons. The highest BCUT2D eigenvalue weighted by molar-refractivity contribution is 7.92. The van der Waals surface area contributed by atoms with Crippen LogP contribution in [0.1, 0.15) is 6.92 Å². The highest BCUT2D eigenvalue weighted by Crippen LogP contribution is 2.16. The van der Waals surface area contributed by atoms with Crippen LogP contribution < -0.4 is 4.31 Å². The number of rotatable bonds is 5. The van der Waals surface area contributed by atoms with E-state index in [2.05, 4.69) is 0 Å². The van der Waals surface area contributed by atoms with Crippen LogP contribution in [-0.4, -0.2) is 33.8 Å². The Morgan fingerprint density at radius 2 is 1.88 bits per heavy atom. The van der Waals surface area contributed by atoms with Crippen LogP contribution in [0.15, 0.2) is 30.3 Å². The van der Waals surface area contributed by atoms with Crippen molar-refractivity contribution in [3.8, 4) is 0 Å². The summed E-state index contributed by atoms with van der Waals surface area (Å²) in [6, 6.07) is 8.44. The maximum atomic E-state index is 11.6. The standard InChI is InChI=1S/C11H15NO4S/c1-3-16-11(13)9-12(17(2,14)15)10-7-5-4-6-8-10/h4-8H,3,9H2,1-2H3. The monoisotopic (exact) mass is 257 g/mol. The van der Waals surface area contributed by atoms with Crippen molar-refractivity contribution < 1.29 is 17.9 Å². The number of sulfonamides is 1. The predicted octanol–water partition coefficient (Wildman–Crippen LogP) is 1.02. The van der Waals surface area contributed by atoms with Gasteiger partial charge in [0.1, 0.15) is 6.54 Å². The second-order valence-corrected chi connectivity index (χ2v) is 5.32. The molecule has 0 N–H and O–H groups in total. The third-order valence-electron chi connectivity index (χ3n) is 2.02. The number of hydrogen-bond donors (Lipinski definition) is 0. The van der Waals surface area contributed by atoms with E-state index in [0.717, 1.165) is 10.6 Å². The third-order valence-corrected chi connectivity index (χ3v) is 3.16. The van der Waals surface area contributed by atoms with Gasteiger partial charge in [-0.1, -0.05) is 18.2 Å². The zero-order valence-electron chi connectivity index (χ0n) is 9.79. The van der Waals surface area contributed by atoms with Gasteiger partial charge in [-0.15, -0.1) is 0 Å². The fourth-order valence-corrected chi connectivity index (χ4v) is 2.16. The van der Waals surface area contributed by atoms with Gasteiger partial charge < -0.3 is 4.74 Å². The van der Waals surface area contributed by atoms with Gasteiger partial charge in [0.05, 0.1) is 18.6 Å². The van der Waals surface area contributed by atoms with Crippen molar-refractivity contribution in [3.63, 3.8) is 0 Å². The summed E-state index contributed by atoms with van der Waals surface area (Å²) in [5.74, 6) is -0.568. The third kappa shape index (κ3) is 4.07. The normalized spacial score (nSPS) is 10.9.